The normalized spacial score (nSPS) is 13.6. The van der Waals surface area contributed by atoms with E-state index in [0.717, 1.165) is 38.9 Å². The molecule has 13 heteroatoms. The Morgan fingerprint density at radius 1 is 1.08 bits per heavy atom. The zero-order chi connectivity index (χ0) is 27.1. The fraction of sp³-hybridized carbons (Fsp3) is 0.423. The van der Waals surface area contributed by atoms with Crippen LogP contribution in [0.2, 0.25) is 0 Å². The van der Waals surface area contributed by atoms with Crippen molar-refractivity contribution >= 4 is 39.1 Å². The number of pyridine rings is 1. The monoisotopic (exact) mass is 567 g/mol. The van der Waals surface area contributed by atoms with E-state index in [1.807, 2.05) is 37.2 Å². The van der Waals surface area contributed by atoms with Crippen molar-refractivity contribution in [2.75, 3.05) is 21.3 Å². The second-order valence-corrected chi connectivity index (χ2v) is 11.7. The van der Waals surface area contributed by atoms with Gasteiger partial charge in [0, 0.05) is 36.9 Å². The fourth-order valence-corrected chi connectivity index (χ4v) is 6.16. The molecule has 5 heterocycles. The molecule has 0 saturated heterocycles. The molecule has 1 fully saturated rings. The van der Waals surface area contributed by atoms with E-state index >= 15 is 0 Å². The summed E-state index contributed by atoms with van der Waals surface area (Å²) in [5.41, 5.74) is 3.03. The second kappa shape index (κ2) is 10.5. The van der Waals surface area contributed by atoms with E-state index in [1.54, 1.807) is 40.8 Å². The largest absolute Gasteiger partial charge is 0.495 e. The lowest BCUT2D eigenvalue weighted by molar-refractivity contribution is -0.133. The summed E-state index contributed by atoms with van der Waals surface area (Å²) in [4.78, 5) is 25.7. The van der Waals surface area contributed by atoms with Crippen LogP contribution in [0.3, 0.4) is 0 Å². The van der Waals surface area contributed by atoms with Crippen LogP contribution in [0.25, 0.3) is 21.9 Å². The van der Waals surface area contributed by atoms with Crippen LogP contribution in [-0.2, 0) is 17.8 Å². The second-order valence-electron chi connectivity index (χ2n) is 9.52. The molecule has 39 heavy (non-hydrogen) atoms. The maximum absolute atomic E-state index is 12.6. The summed E-state index contributed by atoms with van der Waals surface area (Å²) >= 11 is 2.98. The smallest absolute Gasteiger partial charge is 0.294 e. The van der Waals surface area contributed by atoms with Gasteiger partial charge in [0.25, 0.3) is 5.19 Å². The third kappa shape index (κ3) is 5.03. The lowest BCUT2D eigenvalue weighted by Gasteiger charge is -2.34. The summed E-state index contributed by atoms with van der Waals surface area (Å²) in [6.07, 6.45) is 8.18. The summed E-state index contributed by atoms with van der Waals surface area (Å²) in [6.45, 7) is 2.33. The number of hydrogen-bond donors (Lipinski definition) is 0. The Balaban J connectivity index is 1.18. The van der Waals surface area contributed by atoms with Crippen molar-refractivity contribution in [2.24, 2.45) is 0 Å². The summed E-state index contributed by atoms with van der Waals surface area (Å²) in [5, 5.41) is 10.5. The van der Waals surface area contributed by atoms with E-state index in [2.05, 4.69) is 10.1 Å². The Kier molecular flexibility index (Phi) is 6.85. The van der Waals surface area contributed by atoms with Gasteiger partial charge in [-0.2, -0.15) is 5.10 Å². The Morgan fingerprint density at radius 3 is 2.64 bits per heavy atom. The number of methoxy groups -OCH3 is 2. The first-order valence-electron chi connectivity index (χ1n) is 12.7. The molecule has 0 bridgehead atoms. The molecular formula is C26H29N7O4S2. The average Bonchev–Trinajstić information content (AvgIpc) is 3.66. The Morgan fingerprint density at radius 2 is 1.92 bits per heavy atom. The molecule has 0 N–H and O–H groups in total. The van der Waals surface area contributed by atoms with Crippen LogP contribution in [0.15, 0.2) is 24.5 Å². The van der Waals surface area contributed by atoms with Crippen molar-refractivity contribution in [1.82, 2.24) is 34.1 Å². The summed E-state index contributed by atoms with van der Waals surface area (Å²) in [7, 11) is 5.11. The lowest BCUT2D eigenvalue weighted by atomic mass is 9.91. The van der Waals surface area contributed by atoms with Crippen molar-refractivity contribution < 1.29 is 19.0 Å². The third-order valence-corrected chi connectivity index (χ3v) is 9.04. The Labute approximate surface area is 233 Å². The number of hydrogen-bond acceptors (Lipinski definition) is 10. The molecule has 0 unspecified atom stereocenters. The summed E-state index contributed by atoms with van der Waals surface area (Å²) in [6, 6.07) is 4.19. The predicted molar refractivity (Wildman–Crippen MR) is 148 cm³/mol. The van der Waals surface area contributed by atoms with E-state index in [9.17, 15) is 4.79 Å². The van der Waals surface area contributed by atoms with Gasteiger partial charge >= 0.3 is 0 Å². The number of amides is 1. The average molecular weight is 568 g/mol. The molecule has 0 atom stereocenters. The van der Waals surface area contributed by atoms with Gasteiger partial charge in [0.2, 0.25) is 10.9 Å². The van der Waals surface area contributed by atoms with Crippen molar-refractivity contribution in [3.8, 4) is 28.1 Å². The Bertz CT molecular complexity index is 1620. The van der Waals surface area contributed by atoms with E-state index in [-0.39, 0.29) is 5.91 Å². The van der Waals surface area contributed by atoms with Crippen LogP contribution in [-0.4, -0.2) is 67.3 Å². The standard InChI is InChI=1S/C26H29N7O4S2/c1-15-20(27-23(38-15)8-9-24(34)31(2)16-6-5-7-16)14-37-22-10-17(35-3)12-32-21(22)11-18(29-32)19-13-33-25(28-19)39-26(30-33)36-4/h10-13,16H,5-9,14H2,1-4H3. The van der Waals surface area contributed by atoms with Crippen LogP contribution in [0, 0.1) is 6.92 Å². The highest BCUT2D eigenvalue weighted by atomic mass is 32.1. The summed E-state index contributed by atoms with van der Waals surface area (Å²) in [5.74, 6) is 1.43. The van der Waals surface area contributed by atoms with Gasteiger partial charge in [0.1, 0.15) is 35.0 Å². The maximum atomic E-state index is 12.6. The van der Waals surface area contributed by atoms with Crippen molar-refractivity contribution in [3.05, 3.63) is 40.1 Å². The van der Waals surface area contributed by atoms with Crippen molar-refractivity contribution in [2.45, 2.75) is 51.7 Å². The summed E-state index contributed by atoms with van der Waals surface area (Å²) < 4.78 is 20.4. The highest BCUT2D eigenvalue weighted by molar-refractivity contribution is 7.18. The van der Waals surface area contributed by atoms with Gasteiger partial charge in [-0.25, -0.2) is 19.0 Å². The molecule has 1 amide bonds. The molecule has 1 aliphatic carbocycles. The molecule has 6 rings (SSSR count). The molecule has 11 nitrogen and oxygen atoms in total. The van der Waals surface area contributed by atoms with E-state index in [1.165, 1.54) is 17.8 Å². The van der Waals surface area contributed by atoms with Crippen molar-refractivity contribution in [3.63, 3.8) is 0 Å². The SMILES string of the molecule is COc1cc(OCc2nc(CCC(=O)N(C)C3CCC3)sc2C)c2cc(-c3cn4nc(OC)sc4n3)nn2c1. The highest BCUT2D eigenvalue weighted by Crippen LogP contribution is 2.32. The number of aryl methyl sites for hydroxylation is 2. The highest BCUT2D eigenvalue weighted by Gasteiger charge is 2.25. The number of thiazole rings is 1. The van der Waals surface area contributed by atoms with Gasteiger partial charge in [-0.3, -0.25) is 4.79 Å². The molecule has 0 radical (unpaired) electrons. The Hall–Kier alpha value is -3.71. The number of rotatable bonds is 10. The topological polar surface area (TPSA) is 108 Å². The first-order chi connectivity index (χ1) is 18.9. The number of imidazole rings is 1. The predicted octanol–water partition coefficient (Wildman–Crippen LogP) is 4.41. The molecule has 1 saturated carbocycles. The molecule has 204 valence electrons. The van der Waals surface area contributed by atoms with Gasteiger partial charge in [0.15, 0.2) is 0 Å². The number of nitrogens with zero attached hydrogens (tertiary/aromatic N) is 7. The van der Waals surface area contributed by atoms with Crippen LogP contribution < -0.4 is 14.2 Å². The number of carbonyl (C=O) groups excluding carboxylic acids is 1. The molecule has 5 aromatic rings. The minimum absolute atomic E-state index is 0.188. The van der Waals surface area contributed by atoms with Crippen LogP contribution in [0.4, 0.5) is 0 Å². The lowest BCUT2D eigenvalue weighted by Crippen LogP contribution is -2.41. The molecule has 0 aromatic carbocycles. The van der Waals surface area contributed by atoms with Gasteiger partial charge in [-0.15, -0.1) is 16.4 Å². The zero-order valence-electron chi connectivity index (χ0n) is 22.2. The molecule has 5 aromatic heterocycles. The van der Waals surface area contributed by atoms with E-state index in [0.29, 0.717) is 53.6 Å². The number of aromatic nitrogens is 6. The van der Waals surface area contributed by atoms with E-state index < -0.39 is 0 Å². The first kappa shape index (κ1) is 25.6. The van der Waals surface area contributed by atoms with Crippen LogP contribution in [0.1, 0.15) is 41.3 Å². The number of ether oxygens (including phenoxy) is 3. The minimum atomic E-state index is 0.188. The number of carbonyl (C=O) groups is 1. The fourth-order valence-electron chi connectivity index (χ4n) is 4.52. The number of fused-ring (bicyclic) bond motifs is 2. The molecule has 1 aliphatic rings. The van der Waals surface area contributed by atoms with Gasteiger partial charge in [-0.05, 0) is 43.6 Å². The molecular weight excluding hydrogens is 538 g/mol. The van der Waals surface area contributed by atoms with Gasteiger partial charge in [-0.1, -0.05) is 0 Å². The molecule has 0 aliphatic heterocycles. The van der Waals surface area contributed by atoms with Crippen LogP contribution in [0.5, 0.6) is 16.7 Å². The van der Waals surface area contributed by atoms with Crippen molar-refractivity contribution in [1.29, 1.82) is 0 Å². The van der Waals surface area contributed by atoms with Gasteiger partial charge < -0.3 is 19.1 Å². The quantitative estimate of drug-likeness (QED) is 0.244. The minimum Gasteiger partial charge on any atom is -0.495 e. The van der Waals surface area contributed by atoms with E-state index in [4.69, 9.17) is 24.3 Å². The third-order valence-electron chi connectivity index (χ3n) is 7.08. The maximum Gasteiger partial charge on any atom is 0.294 e. The van der Waals surface area contributed by atoms with Crippen LogP contribution >= 0.6 is 22.7 Å². The zero-order valence-corrected chi connectivity index (χ0v) is 23.8. The molecule has 0 spiro atoms. The first-order valence-corrected chi connectivity index (χ1v) is 14.4. The van der Waals surface area contributed by atoms with Gasteiger partial charge in [0.05, 0.1) is 37.3 Å².